The fourth-order valence-electron chi connectivity index (χ4n) is 1.37. The van der Waals surface area contributed by atoms with Crippen LogP contribution < -0.4 is 10.5 Å². The maximum absolute atomic E-state index is 5.51. The van der Waals surface area contributed by atoms with Crippen molar-refractivity contribution in [1.82, 2.24) is 10.2 Å². The smallest absolute Gasteiger partial charge is 0.173 e. The van der Waals surface area contributed by atoms with E-state index < -0.39 is 0 Å². The summed E-state index contributed by atoms with van der Waals surface area (Å²) in [6.45, 7) is 0. The minimum atomic E-state index is 0.550. The molecule has 2 aromatic heterocycles. The molecule has 0 saturated heterocycles. The van der Waals surface area contributed by atoms with Crippen molar-refractivity contribution in [3.05, 3.63) is 28.8 Å². The third-order valence-corrected chi connectivity index (χ3v) is 3.24. The molecule has 0 aromatic carbocycles. The molecule has 4 nitrogen and oxygen atoms in total. The second-order valence-corrected chi connectivity index (χ2v) is 4.37. The molecule has 0 aliphatic rings. The first-order valence-corrected chi connectivity index (χ1v) is 5.52. The zero-order chi connectivity index (χ0) is 10.7. The van der Waals surface area contributed by atoms with Crippen molar-refractivity contribution in [2.45, 2.75) is 12.8 Å². The lowest BCUT2D eigenvalue weighted by Gasteiger charge is -1.94. The van der Waals surface area contributed by atoms with Crippen LogP contribution in [0.15, 0.2) is 18.2 Å². The van der Waals surface area contributed by atoms with Gasteiger partial charge in [-0.05, 0) is 25.0 Å². The zero-order valence-electron chi connectivity index (χ0n) is 8.49. The van der Waals surface area contributed by atoms with Crippen molar-refractivity contribution in [3.8, 4) is 5.06 Å². The van der Waals surface area contributed by atoms with Gasteiger partial charge in [0.1, 0.15) is 5.82 Å². The Morgan fingerprint density at radius 3 is 2.93 bits per heavy atom. The van der Waals surface area contributed by atoms with Gasteiger partial charge in [0, 0.05) is 16.6 Å². The Hall–Kier alpha value is -1.49. The van der Waals surface area contributed by atoms with Gasteiger partial charge in [-0.2, -0.15) is 5.10 Å². The first-order valence-electron chi connectivity index (χ1n) is 4.70. The van der Waals surface area contributed by atoms with Crippen molar-refractivity contribution in [3.63, 3.8) is 0 Å². The summed E-state index contributed by atoms with van der Waals surface area (Å²) in [5.41, 5.74) is 6.58. The van der Waals surface area contributed by atoms with Crippen LogP contribution in [-0.4, -0.2) is 17.3 Å². The van der Waals surface area contributed by atoms with Crippen LogP contribution in [0, 0.1) is 0 Å². The summed E-state index contributed by atoms with van der Waals surface area (Å²) >= 11 is 1.67. The first-order chi connectivity index (χ1) is 7.28. The van der Waals surface area contributed by atoms with Crippen molar-refractivity contribution in [1.29, 1.82) is 0 Å². The molecule has 0 amide bonds. The molecule has 15 heavy (non-hydrogen) atoms. The number of ether oxygens (including phenoxy) is 1. The third-order valence-electron chi connectivity index (χ3n) is 2.13. The van der Waals surface area contributed by atoms with E-state index in [1.165, 1.54) is 4.88 Å². The molecule has 5 heteroatoms. The Morgan fingerprint density at radius 1 is 1.47 bits per heavy atom. The summed E-state index contributed by atoms with van der Waals surface area (Å²) in [6, 6.07) is 5.94. The SMILES string of the molecule is COc1ccc(CCc2cc(N)n[nH]2)s1. The molecule has 3 N–H and O–H groups in total. The van der Waals surface area contributed by atoms with E-state index in [0.29, 0.717) is 5.82 Å². The monoisotopic (exact) mass is 223 g/mol. The van der Waals surface area contributed by atoms with Crippen LogP contribution in [0.5, 0.6) is 5.06 Å². The average Bonchev–Trinajstić information content (AvgIpc) is 2.83. The normalized spacial score (nSPS) is 10.5. The number of hydrogen-bond donors (Lipinski definition) is 2. The van der Waals surface area contributed by atoms with Crippen LogP contribution in [0.3, 0.4) is 0 Å². The number of H-pyrrole nitrogens is 1. The van der Waals surface area contributed by atoms with Crippen LogP contribution in [0.25, 0.3) is 0 Å². The summed E-state index contributed by atoms with van der Waals surface area (Å²) in [5, 5.41) is 7.73. The molecule has 0 bridgehead atoms. The molecule has 0 saturated carbocycles. The summed E-state index contributed by atoms with van der Waals surface area (Å²) in [4.78, 5) is 1.31. The van der Waals surface area contributed by atoms with Gasteiger partial charge in [-0.25, -0.2) is 0 Å². The number of aromatic nitrogens is 2. The highest BCUT2D eigenvalue weighted by atomic mass is 32.1. The van der Waals surface area contributed by atoms with Gasteiger partial charge < -0.3 is 10.5 Å². The van der Waals surface area contributed by atoms with E-state index in [4.69, 9.17) is 10.5 Å². The van der Waals surface area contributed by atoms with Crippen molar-refractivity contribution >= 4 is 17.2 Å². The maximum atomic E-state index is 5.51. The Labute approximate surface area is 92.1 Å². The van der Waals surface area contributed by atoms with Crippen molar-refractivity contribution in [2.75, 3.05) is 12.8 Å². The van der Waals surface area contributed by atoms with E-state index in [2.05, 4.69) is 16.3 Å². The Kier molecular flexibility index (Phi) is 2.91. The molecule has 80 valence electrons. The number of anilines is 1. The lowest BCUT2D eigenvalue weighted by atomic mass is 10.2. The number of thiophene rings is 1. The summed E-state index contributed by atoms with van der Waals surface area (Å²) < 4.78 is 5.13. The Bertz CT molecular complexity index is 435. The maximum Gasteiger partial charge on any atom is 0.173 e. The minimum Gasteiger partial charge on any atom is -0.487 e. The van der Waals surface area contributed by atoms with Crippen LogP contribution in [-0.2, 0) is 12.8 Å². The van der Waals surface area contributed by atoms with Gasteiger partial charge in [-0.1, -0.05) is 0 Å². The Balaban J connectivity index is 1.93. The van der Waals surface area contributed by atoms with Gasteiger partial charge in [0.05, 0.1) is 7.11 Å². The number of aromatic amines is 1. The molecular weight excluding hydrogens is 210 g/mol. The molecule has 0 spiro atoms. The van der Waals surface area contributed by atoms with Gasteiger partial charge in [0.25, 0.3) is 0 Å². The predicted octanol–water partition coefficient (Wildman–Crippen LogP) is 1.85. The second kappa shape index (κ2) is 4.35. The summed E-state index contributed by atoms with van der Waals surface area (Å²) in [7, 11) is 1.69. The molecular formula is C10H13N3OS. The fraction of sp³-hybridized carbons (Fsp3) is 0.300. The number of nitrogens with one attached hydrogen (secondary N) is 1. The van der Waals surface area contributed by atoms with E-state index in [0.717, 1.165) is 23.6 Å². The van der Waals surface area contributed by atoms with Crippen molar-refractivity contribution < 1.29 is 4.74 Å². The van der Waals surface area contributed by atoms with Gasteiger partial charge in [0.15, 0.2) is 5.06 Å². The van der Waals surface area contributed by atoms with Crippen LogP contribution >= 0.6 is 11.3 Å². The largest absolute Gasteiger partial charge is 0.487 e. The van der Waals surface area contributed by atoms with E-state index in [1.807, 2.05) is 12.1 Å². The van der Waals surface area contributed by atoms with Gasteiger partial charge in [-0.15, -0.1) is 11.3 Å². The number of hydrogen-bond acceptors (Lipinski definition) is 4. The highest BCUT2D eigenvalue weighted by Crippen LogP contribution is 2.24. The topological polar surface area (TPSA) is 63.9 Å². The summed E-state index contributed by atoms with van der Waals surface area (Å²) in [5.74, 6) is 0.550. The highest BCUT2D eigenvalue weighted by Gasteiger charge is 2.02. The molecule has 2 heterocycles. The fourth-order valence-corrected chi connectivity index (χ4v) is 2.19. The van der Waals surface area contributed by atoms with Gasteiger partial charge in [-0.3, -0.25) is 5.10 Å². The molecule has 0 fully saturated rings. The van der Waals surface area contributed by atoms with Crippen LogP contribution in [0.1, 0.15) is 10.6 Å². The Morgan fingerprint density at radius 2 is 2.33 bits per heavy atom. The van der Waals surface area contributed by atoms with E-state index >= 15 is 0 Å². The number of nitrogen functional groups attached to an aromatic ring is 1. The molecule has 0 radical (unpaired) electrons. The molecule has 2 rings (SSSR count). The predicted molar refractivity (Wildman–Crippen MR) is 61.3 cm³/mol. The van der Waals surface area contributed by atoms with Gasteiger partial charge in [0.2, 0.25) is 0 Å². The minimum absolute atomic E-state index is 0.550. The molecule has 0 aliphatic carbocycles. The first kappa shape index (κ1) is 10.0. The molecule has 0 unspecified atom stereocenters. The van der Waals surface area contributed by atoms with Crippen molar-refractivity contribution in [2.24, 2.45) is 0 Å². The van der Waals surface area contributed by atoms with Crippen LogP contribution in [0.4, 0.5) is 5.82 Å². The van der Waals surface area contributed by atoms with Crippen LogP contribution in [0.2, 0.25) is 0 Å². The van der Waals surface area contributed by atoms with E-state index in [1.54, 1.807) is 18.4 Å². The molecule has 0 aliphatic heterocycles. The lowest BCUT2D eigenvalue weighted by Crippen LogP contribution is -1.88. The molecule has 0 atom stereocenters. The molecule has 2 aromatic rings. The van der Waals surface area contributed by atoms with E-state index in [-0.39, 0.29) is 0 Å². The number of aryl methyl sites for hydroxylation is 2. The number of nitrogens with two attached hydrogens (primary N) is 1. The lowest BCUT2D eigenvalue weighted by molar-refractivity contribution is 0.427. The summed E-state index contributed by atoms with van der Waals surface area (Å²) in [6.07, 6.45) is 1.91. The average molecular weight is 223 g/mol. The zero-order valence-corrected chi connectivity index (χ0v) is 9.30. The quantitative estimate of drug-likeness (QED) is 0.831. The van der Waals surface area contributed by atoms with E-state index in [9.17, 15) is 0 Å². The van der Waals surface area contributed by atoms with Gasteiger partial charge >= 0.3 is 0 Å². The number of nitrogens with zero attached hydrogens (tertiary/aromatic N) is 1. The number of rotatable bonds is 4. The third kappa shape index (κ3) is 2.50. The standard InChI is InChI=1S/C10H13N3OS/c1-14-10-5-4-8(15-10)3-2-7-6-9(11)13-12-7/h4-6H,2-3H2,1H3,(H3,11,12,13). The highest BCUT2D eigenvalue weighted by molar-refractivity contribution is 7.13. The second-order valence-electron chi connectivity index (χ2n) is 3.24. The number of methoxy groups -OCH3 is 1.